The standard InChI is InChI=1S/C29H24ClN3O3S/c1-3-15-36-29(35)26-18(2)32-28(23(16-31)27(26)20-11-13-21(30)14-12-20)37-17-25(34)33-24-10-6-8-19-7-4-5-9-22(19)24/h3-14,27,32H,1,15,17H2,2H3,(H,33,34)/t27-/m0/s1. The largest absolute Gasteiger partial charge is 0.458 e. The quantitative estimate of drug-likeness (QED) is 0.263. The molecule has 186 valence electrons. The Morgan fingerprint density at radius 3 is 2.62 bits per heavy atom. The number of hydrogen-bond donors (Lipinski definition) is 2. The zero-order chi connectivity index (χ0) is 26.4. The van der Waals surface area contributed by atoms with Gasteiger partial charge in [0.15, 0.2) is 0 Å². The van der Waals surface area contributed by atoms with Crippen LogP contribution in [-0.2, 0) is 14.3 Å². The molecule has 0 spiro atoms. The lowest BCUT2D eigenvalue weighted by Gasteiger charge is -2.29. The van der Waals surface area contributed by atoms with Crippen molar-refractivity contribution in [3.8, 4) is 6.07 Å². The predicted molar refractivity (Wildman–Crippen MR) is 149 cm³/mol. The molecular formula is C29H24ClN3O3S. The molecule has 1 atom stereocenters. The Balaban J connectivity index is 1.60. The SMILES string of the molecule is C=CCOC(=O)C1=C(C)NC(SCC(=O)Nc2cccc3ccccc23)=C(C#N)[C@@H]1c1ccc(Cl)cc1. The van der Waals surface area contributed by atoms with Gasteiger partial charge in [0.05, 0.1) is 33.9 Å². The Labute approximate surface area is 224 Å². The summed E-state index contributed by atoms with van der Waals surface area (Å²) in [5.41, 5.74) is 2.62. The number of ether oxygens (including phenoxy) is 1. The lowest BCUT2D eigenvalue weighted by atomic mass is 9.82. The maximum atomic E-state index is 13.0. The fraction of sp³-hybridized carbons (Fsp3) is 0.138. The van der Waals surface area contributed by atoms with Gasteiger partial charge in [0, 0.05) is 21.8 Å². The molecular weight excluding hydrogens is 506 g/mol. The number of amides is 1. The minimum Gasteiger partial charge on any atom is -0.458 e. The molecule has 0 fully saturated rings. The number of halogens is 1. The van der Waals surface area contributed by atoms with Gasteiger partial charge < -0.3 is 15.4 Å². The van der Waals surface area contributed by atoms with Gasteiger partial charge in [-0.2, -0.15) is 5.26 Å². The third-order valence-corrected chi connectivity index (χ3v) is 7.08. The third kappa shape index (κ3) is 5.88. The second kappa shape index (κ2) is 11.8. The monoisotopic (exact) mass is 529 g/mol. The first-order valence-electron chi connectivity index (χ1n) is 11.5. The van der Waals surface area contributed by atoms with Crippen LogP contribution in [0.25, 0.3) is 10.8 Å². The van der Waals surface area contributed by atoms with Crippen molar-refractivity contribution in [1.29, 1.82) is 5.26 Å². The molecule has 0 aromatic heterocycles. The fourth-order valence-corrected chi connectivity index (χ4v) is 5.17. The number of anilines is 1. The molecule has 6 nitrogen and oxygen atoms in total. The van der Waals surface area contributed by atoms with Crippen molar-refractivity contribution in [3.05, 3.63) is 112 Å². The summed E-state index contributed by atoms with van der Waals surface area (Å²) < 4.78 is 5.32. The number of esters is 1. The normalized spacial score (nSPS) is 15.1. The van der Waals surface area contributed by atoms with Gasteiger partial charge in [-0.3, -0.25) is 4.79 Å². The van der Waals surface area contributed by atoms with Gasteiger partial charge in [0.2, 0.25) is 5.91 Å². The fourth-order valence-electron chi connectivity index (χ4n) is 4.16. The smallest absolute Gasteiger partial charge is 0.337 e. The van der Waals surface area contributed by atoms with Gasteiger partial charge in [-0.25, -0.2) is 4.79 Å². The molecule has 2 N–H and O–H groups in total. The van der Waals surface area contributed by atoms with E-state index in [-0.39, 0.29) is 18.3 Å². The van der Waals surface area contributed by atoms with Crippen LogP contribution >= 0.6 is 23.4 Å². The number of hydrogen-bond acceptors (Lipinski definition) is 6. The van der Waals surface area contributed by atoms with Gasteiger partial charge in [-0.15, -0.1) is 0 Å². The molecule has 4 rings (SSSR count). The maximum Gasteiger partial charge on any atom is 0.337 e. The molecule has 1 heterocycles. The first-order chi connectivity index (χ1) is 17.9. The molecule has 8 heteroatoms. The zero-order valence-corrected chi connectivity index (χ0v) is 21.7. The van der Waals surface area contributed by atoms with Crippen LogP contribution in [0, 0.1) is 11.3 Å². The van der Waals surface area contributed by atoms with Crippen LogP contribution in [-0.4, -0.2) is 24.2 Å². The van der Waals surface area contributed by atoms with E-state index in [0.717, 1.165) is 16.5 Å². The number of thioether (sulfide) groups is 1. The average molecular weight is 530 g/mol. The number of fused-ring (bicyclic) bond motifs is 1. The topological polar surface area (TPSA) is 91.2 Å². The van der Waals surface area contributed by atoms with Gasteiger partial charge in [0.25, 0.3) is 0 Å². The summed E-state index contributed by atoms with van der Waals surface area (Å²) >= 11 is 7.29. The number of dihydropyridines is 1. The molecule has 0 aliphatic carbocycles. The Hall–Kier alpha value is -3.99. The van der Waals surface area contributed by atoms with E-state index in [1.165, 1.54) is 17.8 Å². The van der Waals surface area contributed by atoms with Crippen LogP contribution in [0.5, 0.6) is 0 Å². The van der Waals surface area contributed by atoms with Gasteiger partial charge in [0.1, 0.15) is 6.61 Å². The Bertz CT molecular complexity index is 1470. The van der Waals surface area contributed by atoms with Crippen LogP contribution in [0.3, 0.4) is 0 Å². The van der Waals surface area contributed by atoms with Crippen molar-refractivity contribution in [2.75, 3.05) is 17.7 Å². The highest BCUT2D eigenvalue weighted by Gasteiger charge is 2.35. The number of allylic oxidation sites excluding steroid dienone is 2. The van der Waals surface area contributed by atoms with Crippen molar-refractivity contribution >= 4 is 51.7 Å². The summed E-state index contributed by atoms with van der Waals surface area (Å²) in [6.07, 6.45) is 1.48. The minimum atomic E-state index is -0.676. The molecule has 3 aromatic carbocycles. The van der Waals surface area contributed by atoms with Crippen LogP contribution in [0.1, 0.15) is 18.4 Å². The lowest BCUT2D eigenvalue weighted by Crippen LogP contribution is -2.29. The van der Waals surface area contributed by atoms with Crippen LogP contribution < -0.4 is 10.6 Å². The van der Waals surface area contributed by atoms with Crippen LogP contribution in [0.15, 0.2) is 101 Å². The molecule has 1 aliphatic rings. The van der Waals surface area contributed by atoms with Crippen molar-refractivity contribution in [1.82, 2.24) is 5.32 Å². The van der Waals surface area contributed by atoms with E-state index in [9.17, 15) is 14.9 Å². The van der Waals surface area contributed by atoms with E-state index < -0.39 is 11.9 Å². The summed E-state index contributed by atoms with van der Waals surface area (Å²) in [5, 5.41) is 19.3. The summed E-state index contributed by atoms with van der Waals surface area (Å²) in [6.45, 7) is 5.38. The number of carbonyl (C=O) groups excluding carboxylic acids is 2. The Morgan fingerprint density at radius 2 is 1.89 bits per heavy atom. The highest BCUT2D eigenvalue weighted by atomic mass is 35.5. The lowest BCUT2D eigenvalue weighted by molar-refractivity contribution is -0.138. The predicted octanol–water partition coefficient (Wildman–Crippen LogP) is 6.29. The van der Waals surface area contributed by atoms with Crippen molar-refractivity contribution in [3.63, 3.8) is 0 Å². The molecule has 0 saturated heterocycles. The molecule has 0 unspecified atom stereocenters. The summed E-state index contributed by atoms with van der Waals surface area (Å²) in [7, 11) is 0. The average Bonchev–Trinajstić information content (AvgIpc) is 2.90. The second-order valence-corrected chi connectivity index (χ2v) is 9.68. The minimum absolute atomic E-state index is 0.0461. The number of benzene rings is 3. The Kier molecular flexibility index (Phi) is 8.34. The van der Waals surface area contributed by atoms with E-state index in [2.05, 4.69) is 23.3 Å². The van der Waals surface area contributed by atoms with E-state index in [4.69, 9.17) is 16.3 Å². The van der Waals surface area contributed by atoms with Crippen molar-refractivity contribution in [2.45, 2.75) is 12.8 Å². The number of rotatable bonds is 8. The van der Waals surface area contributed by atoms with Gasteiger partial charge >= 0.3 is 5.97 Å². The first-order valence-corrected chi connectivity index (χ1v) is 12.8. The van der Waals surface area contributed by atoms with Crippen LogP contribution in [0.2, 0.25) is 5.02 Å². The molecule has 0 saturated carbocycles. The van der Waals surface area contributed by atoms with Gasteiger partial charge in [-0.05, 0) is 36.1 Å². The highest BCUT2D eigenvalue weighted by molar-refractivity contribution is 8.03. The number of nitrogens with zero attached hydrogens (tertiary/aromatic N) is 1. The maximum absolute atomic E-state index is 13.0. The number of nitrogens with one attached hydrogen (secondary N) is 2. The Morgan fingerprint density at radius 1 is 1.16 bits per heavy atom. The molecule has 37 heavy (non-hydrogen) atoms. The van der Waals surface area contributed by atoms with Crippen molar-refractivity contribution < 1.29 is 14.3 Å². The van der Waals surface area contributed by atoms with E-state index in [0.29, 0.717) is 32.5 Å². The van der Waals surface area contributed by atoms with E-state index >= 15 is 0 Å². The van der Waals surface area contributed by atoms with E-state index in [1.807, 2.05) is 42.5 Å². The number of nitriles is 1. The van der Waals surface area contributed by atoms with E-state index in [1.54, 1.807) is 31.2 Å². The zero-order valence-electron chi connectivity index (χ0n) is 20.1. The van der Waals surface area contributed by atoms with Gasteiger partial charge in [-0.1, -0.05) is 84.5 Å². The third-order valence-electron chi connectivity index (χ3n) is 5.81. The molecule has 3 aromatic rings. The molecule has 0 radical (unpaired) electrons. The number of carbonyl (C=O) groups is 2. The molecule has 1 amide bonds. The molecule has 0 bridgehead atoms. The summed E-state index contributed by atoms with van der Waals surface area (Å²) in [6, 6.07) is 22.8. The van der Waals surface area contributed by atoms with Crippen molar-refractivity contribution in [2.24, 2.45) is 0 Å². The van der Waals surface area contributed by atoms with Crippen LogP contribution in [0.4, 0.5) is 5.69 Å². The second-order valence-electron chi connectivity index (χ2n) is 8.25. The highest BCUT2D eigenvalue weighted by Crippen LogP contribution is 2.41. The summed E-state index contributed by atoms with van der Waals surface area (Å²) in [4.78, 5) is 25.8. The first kappa shape index (κ1) is 26.1. The summed E-state index contributed by atoms with van der Waals surface area (Å²) in [5.74, 6) is -1.37. The molecule has 1 aliphatic heterocycles.